The number of alkyl halides is 1. The Balaban J connectivity index is 3.13. The molecule has 0 saturated heterocycles. The van der Waals surface area contributed by atoms with Gasteiger partial charge in [-0.3, -0.25) is 0 Å². The molecule has 0 spiro atoms. The van der Waals surface area contributed by atoms with Gasteiger partial charge in [-0.15, -0.1) is 0 Å². The minimum atomic E-state index is -0.959. The summed E-state index contributed by atoms with van der Waals surface area (Å²) in [6, 6.07) is 5.00. The summed E-state index contributed by atoms with van der Waals surface area (Å²) in [5.74, 6) is 4.69. The molecular weight excluding hydrogens is 312 g/mol. The number of hydrogen-bond donors (Lipinski definition) is 1. The van der Waals surface area contributed by atoms with Crippen molar-refractivity contribution < 1.29 is 9.90 Å². The highest BCUT2D eigenvalue weighted by molar-refractivity contribution is 9.10. The zero-order chi connectivity index (χ0) is 10.6. The summed E-state index contributed by atoms with van der Waals surface area (Å²) < 4.78 is 0.564. The van der Waals surface area contributed by atoms with E-state index >= 15 is 0 Å². The van der Waals surface area contributed by atoms with Gasteiger partial charge in [-0.25, -0.2) is 4.79 Å². The van der Waals surface area contributed by atoms with Crippen molar-refractivity contribution in [2.24, 2.45) is 0 Å². The molecule has 72 valence electrons. The standard InChI is InChI=1S/C10H6Br2O2/c11-5-1-2-7-3-4-9(12)8(6-7)10(13)14/h3-4,6H,5H2,(H,13,14). The molecule has 2 nitrogen and oxygen atoms in total. The highest BCUT2D eigenvalue weighted by Crippen LogP contribution is 2.17. The Morgan fingerprint density at radius 2 is 2.21 bits per heavy atom. The molecule has 0 aliphatic rings. The maximum absolute atomic E-state index is 10.8. The van der Waals surface area contributed by atoms with Crippen LogP contribution in [0.4, 0.5) is 0 Å². The second-order valence-corrected chi connectivity index (χ2v) is 3.85. The van der Waals surface area contributed by atoms with Crippen molar-refractivity contribution >= 4 is 37.8 Å². The fourth-order valence-electron chi connectivity index (χ4n) is 0.902. The van der Waals surface area contributed by atoms with Crippen LogP contribution in [0.15, 0.2) is 22.7 Å². The Morgan fingerprint density at radius 3 is 2.79 bits per heavy atom. The van der Waals surface area contributed by atoms with E-state index in [0.29, 0.717) is 15.4 Å². The lowest BCUT2D eigenvalue weighted by Crippen LogP contribution is -1.97. The van der Waals surface area contributed by atoms with E-state index in [4.69, 9.17) is 5.11 Å². The zero-order valence-electron chi connectivity index (χ0n) is 7.05. The van der Waals surface area contributed by atoms with E-state index in [0.717, 1.165) is 0 Å². The molecule has 4 heteroatoms. The summed E-state index contributed by atoms with van der Waals surface area (Å²) in [5.41, 5.74) is 0.927. The van der Waals surface area contributed by atoms with Crippen LogP contribution in [0.1, 0.15) is 15.9 Å². The number of carboxylic acid groups (broad SMARTS) is 1. The van der Waals surface area contributed by atoms with Crippen LogP contribution in [-0.2, 0) is 0 Å². The van der Waals surface area contributed by atoms with Gasteiger partial charge in [-0.2, -0.15) is 0 Å². The fraction of sp³-hybridized carbons (Fsp3) is 0.100. The van der Waals surface area contributed by atoms with Crippen LogP contribution in [0.5, 0.6) is 0 Å². The van der Waals surface area contributed by atoms with Crippen molar-refractivity contribution in [1.82, 2.24) is 0 Å². The Hall–Kier alpha value is -0.790. The third kappa shape index (κ3) is 2.86. The van der Waals surface area contributed by atoms with Crippen LogP contribution < -0.4 is 0 Å². The van der Waals surface area contributed by atoms with Gasteiger partial charge in [0.2, 0.25) is 0 Å². The molecule has 1 aromatic carbocycles. The Morgan fingerprint density at radius 1 is 1.50 bits per heavy atom. The van der Waals surface area contributed by atoms with Crippen LogP contribution in [0, 0.1) is 11.8 Å². The monoisotopic (exact) mass is 316 g/mol. The fourth-order valence-corrected chi connectivity index (χ4v) is 1.46. The van der Waals surface area contributed by atoms with Gasteiger partial charge in [-0.05, 0) is 34.1 Å². The number of hydrogen-bond acceptors (Lipinski definition) is 1. The van der Waals surface area contributed by atoms with Crippen molar-refractivity contribution in [3.05, 3.63) is 33.8 Å². The van der Waals surface area contributed by atoms with Crippen molar-refractivity contribution in [3.8, 4) is 11.8 Å². The molecule has 1 rings (SSSR count). The predicted octanol–water partition coefficient (Wildman–Crippen LogP) is 2.89. The molecule has 0 fully saturated rings. The molecule has 1 N–H and O–H groups in total. The van der Waals surface area contributed by atoms with Gasteiger partial charge >= 0.3 is 5.97 Å². The van der Waals surface area contributed by atoms with Gasteiger partial charge in [0.25, 0.3) is 0 Å². The van der Waals surface area contributed by atoms with Crippen LogP contribution in [0.3, 0.4) is 0 Å². The first-order chi connectivity index (χ1) is 6.65. The maximum atomic E-state index is 10.8. The minimum Gasteiger partial charge on any atom is -0.478 e. The van der Waals surface area contributed by atoms with Crippen LogP contribution in [-0.4, -0.2) is 16.4 Å². The van der Waals surface area contributed by atoms with E-state index in [1.54, 1.807) is 18.2 Å². The zero-order valence-corrected chi connectivity index (χ0v) is 10.2. The van der Waals surface area contributed by atoms with E-state index in [1.807, 2.05) is 0 Å². The normalized spacial score (nSPS) is 9.00. The molecule has 0 radical (unpaired) electrons. The van der Waals surface area contributed by atoms with E-state index in [9.17, 15) is 4.79 Å². The number of rotatable bonds is 1. The molecule has 0 aliphatic heterocycles. The van der Waals surface area contributed by atoms with Gasteiger partial charge in [0.05, 0.1) is 10.9 Å². The largest absolute Gasteiger partial charge is 0.478 e. The smallest absolute Gasteiger partial charge is 0.336 e. The number of carboxylic acids is 1. The first-order valence-electron chi connectivity index (χ1n) is 3.73. The molecule has 0 atom stereocenters. The van der Waals surface area contributed by atoms with Crippen molar-refractivity contribution in [2.75, 3.05) is 5.33 Å². The van der Waals surface area contributed by atoms with Crippen LogP contribution >= 0.6 is 31.9 Å². The van der Waals surface area contributed by atoms with Crippen LogP contribution in [0.25, 0.3) is 0 Å². The Kier molecular flexibility index (Phi) is 4.18. The molecule has 0 saturated carbocycles. The third-order valence-electron chi connectivity index (χ3n) is 1.50. The van der Waals surface area contributed by atoms with Crippen molar-refractivity contribution in [1.29, 1.82) is 0 Å². The molecule has 0 bridgehead atoms. The minimum absolute atomic E-state index is 0.228. The SMILES string of the molecule is O=C(O)c1cc(C#CCBr)ccc1Br. The average Bonchev–Trinajstić information content (AvgIpc) is 2.16. The highest BCUT2D eigenvalue weighted by atomic mass is 79.9. The lowest BCUT2D eigenvalue weighted by atomic mass is 10.1. The quantitative estimate of drug-likeness (QED) is 0.639. The van der Waals surface area contributed by atoms with Crippen molar-refractivity contribution in [3.63, 3.8) is 0 Å². The molecule has 14 heavy (non-hydrogen) atoms. The number of halogens is 2. The first kappa shape index (κ1) is 11.3. The predicted molar refractivity (Wildman–Crippen MR) is 61.8 cm³/mol. The topological polar surface area (TPSA) is 37.3 Å². The number of carbonyl (C=O) groups is 1. The molecule has 0 aromatic heterocycles. The van der Waals surface area contributed by atoms with Gasteiger partial charge in [0.1, 0.15) is 0 Å². The summed E-state index contributed by atoms with van der Waals surface area (Å²) in [4.78, 5) is 10.8. The first-order valence-corrected chi connectivity index (χ1v) is 5.64. The average molecular weight is 318 g/mol. The number of aromatic carboxylic acids is 1. The van der Waals surface area contributed by atoms with Gasteiger partial charge in [-0.1, -0.05) is 27.8 Å². The van der Waals surface area contributed by atoms with E-state index in [2.05, 4.69) is 43.7 Å². The number of benzene rings is 1. The second kappa shape index (κ2) is 5.18. The molecule has 0 unspecified atom stereocenters. The van der Waals surface area contributed by atoms with Gasteiger partial charge < -0.3 is 5.11 Å². The second-order valence-electron chi connectivity index (χ2n) is 2.44. The lowest BCUT2D eigenvalue weighted by molar-refractivity contribution is 0.0696. The molecule has 0 aliphatic carbocycles. The van der Waals surface area contributed by atoms with E-state index in [-0.39, 0.29) is 5.56 Å². The van der Waals surface area contributed by atoms with Gasteiger partial charge in [0, 0.05) is 10.0 Å². The van der Waals surface area contributed by atoms with E-state index in [1.165, 1.54) is 0 Å². The van der Waals surface area contributed by atoms with E-state index < -0.39 is 5.97 Å². The Labute approximate surface area is 98.6 Å². The third-order valence-corrected chi connectivity index (χ3v) is 2.47. The lowest BCUT2D eigenvalue weighted by Gasteiger charge is -1.98. The molecular formula is C10H6Br2O2. The molecule has 0 amide bonds. The maximum Gasteiger partial charge on any atom is 0.336 e. The summed E-state index contributed by atoms with van der Waals surface area (Å²) in [5, 5.41) is 9.40. The van der Waals surface area contributed by atoms with Crippen LogP contribution in [0.2, 0.25) is 0 Å². The summed E-state index contributed by atoms with van der Waals surface area (Å²) in [6.45, 7) is 0. The highest BCUT2D eigenvalue weighted by Gasteiger charge is 2.07. The summed E-state index contributed by atoms with van der Waals surface area (Å²) >= 11 is 6.33. The molecule has 1 aromatic rings. The van der Waals surface area contributed by atoms with Gasteiger partial charge in [0.15, 0.2) is 0 Å². The van der Waals surface area contributed by atoms with Crippen molar-refractivity contribution in [2.45, 2.75) is 0 Å². The molecule has 0 heterocycles. The summed E-state index contributed by atoms with van der Waals surface area (Å²) in [7, 11) is 0. The summed E-state index contributed by atoms with van der Waals surface area (Å²) in [6.07, 6.45) is 0. The Bertz CT molecular complexity index is 416.